The van der Waals surface area contributed by atoms with E-state index in [1.165, 1.54) is 5.56 Å². The molecular weight excluding hydrogens is 398 g/mol. The van der Waals surface area contributed by atoms with Crippen molar-refractivity contribution in [3.63, 3.8) is 0 Å². The number of imidazole rings is 1. The molecule has 1 N–H and O–H groups in total. The summed E-state index contributed by atoms with van der Waals surface area (Å²) in [6, 6.07) is 20.6. The lowest BCUT2D eigenvalue weighted by atomic mass is 10.00. The van der Waals surface area contributed by atoms with Crippen molar-refractivity contribution in [1.82, 2.24) is 19.2 Å². The van der Waals surface area contributed by atoms with Gasteiger partial charge in [0.05, 0.1) is 22.8 Å². The Morgan fingerprint density at radius 2 is 1.72 bits per heavy atom. The number of aromatic amines is 1. The van der Waals surface area contributed by atoms with E-state index in [-0.39, 0.29) is 5.69 Å². The Morgan fingerprint density at radius 3 is 2.44 bits per heavy atom. The molecule has 6 heteroatoms. The van der Waals surface area contributed by atoms with Crippen LogP contribution < -0.4 is 10.4 Å². The van der Waals surface area contributed by atoms with Gasteiger partial charge in [0.1, 0.15) is 6.20 Å². The SMILES string of the molecule is CCn1c(=O)n(CC)c2cc(-c3c[nH][n+](-c4ccccn4)c3-c3cccc(C)c3)ccc21. The van der Waals surface area contributed by atoms with Gasteiger partial charge in [-0.1, -0.05) is 35.9 Å². The number of aryl methyl sites for hydroxylation is 3. The second-order valence-corrected chi connectivity index (χ2v) is 7.90. The average Bonchev–Trinajstić information content (AvgIpc) is 3.37. The third-order valence-corrected chi connectivity index (χ3v) is 5.95. The van der Waals surface area contributed by atoms with Crippen molar-refractivity contribution in [2.24, 2.45) is 0 Å². The Labute approximate surface area is 186 Å². The minimum absolute atomic E-state index is 0.0404. The van der Waals surface area contributed by atoms with Crippen LogP contribution in [0.5, 0.6) is 0 Å². The molecule has 0 radical (unpaired) electrons. The topological polar surface area (TPSA) is 59.5 Å². The quantitative estimate of drug-likeness (QED) is 0.423. The molecule has 0 aliphatic heterocycles. The van der Waals surface area contributed by atoms with Crippen LogP contribution in [0, 0.1) is 6.92 Å². The van der Waals surface area contributed by atoms with Gasteiger partial charge in [0.2, 0.25) is 0 Å². The van der Waals surface area contributed by atoms with E-state index in [1.807, 2.05) is 52.1 Å². The molecule has 0 saturated heterocycles. The van der Waals surface area contributed by atoms with E-state index in [0.717, 1.165) is 39.2 Å². The second-order valence-electron chi connectivity index (χ2n) is 7.90. The smallest absolute Gasteiger partial charge is 0.292 e. The molecule has 0 aliphatic carbocycles. The van der Waals surface area contributed by atoms with Gasteiger partial charge in [-0.2, -0.15) is 0 Å². The Balaban J connectivity index is 1.78. The van der Waals surface area contributed by atoms with E-state index in [0.29, 0.717) is 13.1 Å². The maximum atomic E-state index is 12.8. The Morgan fingerprint density at radius 1 is 0.906 bits per heavy atom. The first kappa shape index (κ1) is 20.0. The van der Waals surface area contributed by atoms with Crippen LogP contribution in [-0.2, 0) is 13.1 Å². The Kier molecular flexibility index (Phi) is 4.98. The number of aromatic nitrogens is 5. The van der Waals surface area contributed by atoms with Gasteiger partial charge in [0.25, 0.3) is 0 Å². The van der Waals surface area contributed by atoms with Gasteiger partial charge in [-0.15, -0.1) is 4.68 Å². The molecule has 0 fully saturated rings. The highest BCUT2D eigenvalue weighted by molar-refractivity contribution is 5.86. The monoisotopic (exact) mass is 424 g/mol. The fourth-order valence-corrected chi connectivity index (χ4v) is 4.44. The van der Waals surface area contributed by atoms with Gasteiger partial charge in [0.15, 0.2) is 5.69 Å². The predicted molar refractivity (Wildman–Crippen MR) is 127 cm³/mol. The van der Waals surface area contributed by atoms with Crippen molar-refractivity contribution in [1.29, 1.82) is 0 Å². The zero-order valence-corrected chi connectivity index (χ0v) is 18.5. The van der Waals surface area contributed by atoms with E-state index in [9.17, 15) is 4.79 Å². The largest absolute Gasteiger partial charge is 0.346 e. The highest BCUT2D eigenvalue weighted by Crippen LogP contribution is 2.32. The maximum absolute atomic E-state index is 12.8. The van der Waals surface area contributed by atoms with Crippen molar-refractivity contribution in [2.45, 2.75) is 33.9 Å². The van der Waals surface area contributed by atoms with Crippen LogP contribution >= 0.6 is 0 Å². The van der Waals surface area contributed by atoms with Crippen molar-refractivity contribution >= 4 is 11.0 Å². The molecular formula is C26H26N5O+. The maximum Gasteiger partial charge on any atom is 0.346 e. The summed E-state index contributed by atoms with van der Waals surface area (Å²) in [6.07, 6.45) is 3.81. The van der Waals surface area contributed by atoms with Crippen LogP contribution in [0.4, 0.5) is 0 Å². The molecule has 0 aliphatic rings. The summed E-state index contributed by atoms with van der Waals surface area (Å²) in [5, 5.41) is 3.39. The first-order chi connectivity index (χ1) is 15.6. The Bertz CT molecular complexity index is 1470. The third kappa shape index (κ3) is 3.15. The molecule has 160 valence electrons. The fraction of sp³-hybridized carbons (Fsp3) is 0.192. The lowest BCUT2D eigenvalue weighted by Crippen LogP contribution is -2.35. The zero-order chi connectivity index (χ0) is 22.2. The third-order valence-electron chi connectivity index (χ3n) is 5.95. The molecule has 0 bridgehead atoms. The summed E-state index contributed by atoms with van der Waals surface area (Å²) < 4.78 is 5.68. The summed E-state index contributed by atoms with van der Waals surface area (Å²) in [5.41, 5.74) is 7.40. The molecule has 5 aromatic rings. The van der Waals surface area contributed by atoms with Gasteiger partial charge >= 0.3 is 11.5 Å². The molecule has 5 rings (SSSR count). The van der Waals surface area contributed by atoms with Crippen LogP contribution in [0.15, 0.2) is 77.9 Å². The summed E-state index contributed by atoms with van der Waals surface area (Å²) >= 11 is 0. The number of hydrogen-bond donors (Lipinski definition) is 1. The Hall–Kier alpha value is -3.93. The van der Waals surface area contributed by atoms with E-state index in [1.54, 1.807) is 6.20 Å². The molecule has 0 spiro atoms. The first-order valence-electron chi connectivity index (χ1n) is 11.0. The number of H-pyrrole nitrogens is 1. The van der Waals surface area contributed by atoms with Gasteiger partial charge < -0.3 is 0 Å². The van der Waals surface area contributed by atoms with Crippen LogP contribution in [0.2, 0.25) is 0 Å². The number of hydrogen-bond acceptors (Lipinski definition) is 2. The second kappa shape index (κ2) is 7.96. The van der Waals surface area contributed by atoms with Crippen molar-refractivity contribution in [2.75, 3.05) is 0 Å². The lowest BCUT2D eigenvalue weighted by molar-refractivity contribution is -0.647. The van der Waals surface area contributed by atoms with E-state index >= 15 is 0 Å². The predicted octanol–water partition coefficient (Wildman–Crippen LogP) is 4.49. The van der Waals surface area contributed by atoms with Crippen LogP contribution in [0.1, 0.15) is 19.4 Å². The van der Waals surface area contributed by atoms with E-state index < -0.39 is 0 Å². The van der Waals surface area contributed by atoms with Crippen LogP contribution in [-0.4, -0.2) is 19.2 Å². The molecule has 0 saturated carbocycles. The van der Waals surface area contributed by atoms with Gasteiger partial charge in [0, 0.05) is 24.7 Å². The summed E-state index contributed by atoms with van der Waals surface area (Å²) in [7, 11) is 0. The molecule has 0 atom stereocenters. The van der Waals surface area contributed by atoms with Crippen molar-refractivity contribution in [3.8, 4) is 28.2 Å². The summed E-state index contributed by atoms with van der Waals surface area (Å²) in [5.74, 6) is 0.818. The summed E-state index contributed by atoms with van der Waals surface area (Å²) in [4.78, 5) is 17.4. The molecule has 0 unspecified atom stereocenters. The number of pyridine rings is 1. The number of nitrogens with zero attached hydrogens (tertiary/aromatic N) is 4. The van der Waals surface area contributed by atoms with Crippen LogP contribution in [0.25, 0.3) is 39.2 Å². The number of benzene rings is 2. The normalized spacial score (nSPS) is 11.3. The number of nitrogens with one attached hydrogen (secondary N) is 1. The first-order valence-corrected chi connectivity index (χ1v) is 11.0. The summed E-state index contributed by atoms with van der Waals surface area (Å²) in [6.45, 7) is 7.40. The molecule has 3 heterocycles. The molecule has 2 aromatic carbocycles. The number of fused-ring (bicyclic) bond motifs is 1. The molecule has 0 amide bonds. The minimum atomic E-state index is 0.0404. The molecule has 6 nitrogen and oxygen atoms in total. The number of rotatable bonds is 5. The van der Waals surface area contributed by atoms with E-state index in [2.05, 4.69) is 59.5 Å². The van der Waals surface area contributed by atoms with Gasteiger partial charge in [-0.25, -0.2) is 9.89 Å². The standard InChI is InChI=1S/C26H25N5O/c1-4-29-22-13-12-19(16-23(22)30(5-2)26(29)32)21-17-28-31(24-11-6-7-14-27-24)25(21)20-10-8-9-18(3)15-20/h6-17H,4-5H2,1-3H3/p+1. The van der Waals surface area contributed by atoms with Crippen molar-refractivity contribution in [3.05, 3.63) is 89.1 Å². The minimum Gasteiger partial charge on any atom is -0.292 e. The lowest BCUT2D eigenvalue weighted by Gasteiger charge is -2.07. The molecule has 3 aromatic heterocycles. The highest BCUT2D eigenvalue weighted by Gasteiger charge is 2.23. The zero-order valence-electron chi connectivity index (χ0n) is 18.5. The average molecular weight is 425 g/mol. The fourth-order valence-electron chi connectivity index (χ4n) is 4.44. The van der Waals surface area contributed by atoms with E-state index in [4.69, 9.17) is 0 Å². The van der Waals surface area contributed by atoms with Crippen molar-refractivity contribution < 1.29 is 4.68 Å². The van der Waals surface area contributed by atoms with Gasteiger partial charge in [-0.05, 0) is 55.6 Å². The van der Waals surface area contributed by atoms with Gasteiger partial charge in [-0.3, -0.25) is 9.13 Å². The van der Waals surface area contributed by atoms with Crippen LogP contribution in [0.3, 0.4) is 0 Å². The molecule has 32 heavy (non-hydrogen) atoms. The highest BCUT2D eigenvalue weighted by atomic mass is 16.1.